The summed E-state index contributed by atoms with van der Waals surface area (Å²) < 4.78 is 1.58. The lowest BCUT2D eigenvalue weighted by atomic mass is 10.3. The van der Waals surface area contributed by atoms with E-state index in [1.54, 1.807) is 22.9 Å². The van der Waals surface area contributed by atoms with Gasteiger partial charge in [0, 0.05) is 35.8 Å². The molecule has 0 unspecified atom stereocenters. The lowest BCUT2D eigenvalue weighted by molar-refractivity contribution is -0.384. The van der Waals surface area contributed by atoms with Crippen LogP contribution in [0.5, 0.6) is 0 Å². The quantitative estimate of drug-likeness (QED) is 0.481. The fourth-order valence-electron chi connectivity index (χ4n) is 1.90. The zero-order chi connectivity index (χ0) is 16.8. The largest absolute Gasteiger partial charge is 0.478 e. The number of hydrogen-bond donors (Lipinski definition) is 2. The van der Waals surface area contributed by atoms with Crippen molar-refractivity contribution in [2.75, 3.05) is 5.32 Å². The number of hydrogen-bond acceptors (Lipinski definition) is 4. The van der Waals surface area contributed by atoms with Crippen LogP contribution < -0.4 is 5.32 Å². The predicted molar refractivity (Wildman–Crippen MR) is 82.8 cm³/mol. The molecular formula is C15H13N3O5. The minimum absolute atomic E-state index is 0.0106. The fourth-order valence-corrected chi connectivity index (χ4v) is 1.90. The summed E-state index contributed by atoms with van der Waals surface area (Å²) in [4.78, 5) is 32.5. The van der Waals surface area contributed by atoms with Crippen LogP contribution in [0.3, 0.4) is 0 Å². The highest BCUT2D eigenvalue weighted by Crippen LogP contribution is 2.15. The maximum Gasteiger partial charge on any atom is 0.328 e. The van der Waals surface area contributed by atoms with E-state index in [1.807, 2.05) is 0 Å². The highest BCUT2D eigenvalue weighted by atomic mass is 16.6. The maximum absolute atomic E-state index is 12.0. The second-order valence-corrected chi connectivity index (χ2v) is 4.58. The number of nitrogens with one attached hydrogen (secondary N) is 1. The highest BCUT2D eigenvalue weighted by molar-refractivity contribution is 5.91. The number of amides is 1. The van der Waals surface area contributed by atoms with Gasteiger partial charge in [-0.2, -0.15) is 0 Å². The molecule has 0 bridgehead atoms. The molecule has 2 rings (SSSR count). The number of carbonyl (C=O) groups is 2. The zero-order valence-corrected chi connectivity index (χ0v) is 11.9. The number of aliphatic carboxylic acids is 1. The van der Waals surface area contributed by atoms with E-state index in [4.69, 9.17) is 5.11 Å². The first-order valence-electron chi connectivity index (χ1n) is 6.56. The van der Waals surface area contributed by atoms with Gasteiger partial charge < -0.3 is 15.0 Å². The van der Waals surface area contributed by atoms with Gasteiger partial charge >= 0.3 is 5.97 Å². The molecule has 0 aliphatic rings. The van der Waals surface area contributed by atoms with Gasteiger partial charge in [0.05, 0.1) is 4.92 Å². The first-order valence-corrected chi connectivity index (χ1v) is 6.56. The monoisotopic (exact) mass is 315 g/mol. The molecule has 0 atom stereocenters. The molecule has 0 spiro atoms. The van der Waals surface area contributed by atoms with Crippen LogP contribution in [-0.2, 0) is 16.1 Å². The van der Waals surface area contributed by atoms with E-state index in [-0.39, 0.29) is 18.1 Å². The first-order chi connectivity index (χ1) is 11.0. The number of nitrogens with zero attached hydrogens (tertiary/aromatic N) is 2. The van der Waals surface area contributed by atoms with Gasteiger partial charge in [-0.3, -0.25) is 14.9 Å². The molecule has 23 heavy (non-hydrogen) atoms. The van der Waals surface area contributed by atoms with Crippen LogP contribution in [0, 0.1) is 10.1 Å². The Bertz CT molecular complexity index is 762. The second-order valence-electron chi connectivity index (χ2n) is 4.58. The molecule has 8 heteroatoms. The molecule has 8 nitrogen and oxygen atoms in total. The van der Waals surface area contributed by atoms with Crippen LogP contribution in [0.1, 0.15) is 5.69 Å². The first kappa shape index (κ1) is 16.0. The minimum atomic E-state index is -1.08. The zero-order valence-electron chi connectivity index (χ0n) is 11.9. The van der Waals surface area contributed by atoms with Gasteiger partial charge in [0.1, 0.15) is 6.54 Å². The summed E-state index contributed by atoms with van der Waals surface area (Å²) in [7, 11) is 0. The Morgan fingerprint density at radius 1 is 1.26 bits per heavy atom. The Balaban J connectivity index is 2.01. The average molecular weight is 315 g/mol. The predicted octanol–water partition coefficient (Wildman–Crippen LogP) is 2.13. The van der Waals surface area contributed by atoms with Gasteiger partial charge in [-0.15, -0.1) is 0 Å². The van der Waals surface area contributed by atoms with Gasteiger partial charge in [-0.05, 0) is 30.3 Å². The van der Waals surface area contributed by atoms with Crippen molar-refractivity contribution in [3.05, 3.63) is 64.5 Å². The Kier molecular flexibility index (Phi) is 4.88. The molecule has 0 radical (unpaired) electrons. The third-order valence-corrected chi connectivity index (χ3v) is 2.94. The van der Waals surface area contributed by atoms with E-state index >= 15 is 0 Å². The average Bonchev–Trinajstić information content (AvgIpc) is 2.92. The molecule has 0 saturated carbocycles. The number of carboxylic acid groups (broad SMARTS) is 1. The molecule has 2 N–H and O–H groups in total. The number of carboxylic acids is 1. The van der Waals surface area contributed by atoms with E-state index in [0.29, 0.717) is 11.4 Å². The van der Waals surface area contributed by atoms with Crippen molar-refractivity contribution >= 4 is 29.3 Å². The topological polar surface area (TPSA) is 114 Å². The van der Waals surface area contributed by atoms with Crippen molar-refractivity contribution in [3.63, 3.8) is 0 Å². The lowest BCUT2D eigenvalue weighted by Crippen LogP contribution is -2.18. The number of nitro benzene ring substituents is 1. The van der Waals surface area contributed by atoms with Crippen LogP contribution >= 0.6 is 0 Å². The Labute approximate surface area is 130 Å². The van der Waals surface area contributed by atoms with E-state index < -0.39 is 10.9 Å². The van der Waals surface area contributed by atoms with Crippen molar-refractivity contribution < 1.29 is 19.6 Å². The SMILES string of the molecule is O=C(O)/C=C/c1cccn1CC(=O)Nc1ccc([N+](=O)[O-])cc1. The molecule has 0 saturated heterocycles. The van der Waals surface area contributed by atoms with E-state index in [2.05, 4.69) is 5.32 Å². The van der Waals surface area contributed by atoms with Crippen LogP contribution in [0.15, 0.2) is 48.7 Å². The smallest absolute Gasteiger partial charge is 0.328 e. The van der Waals surface area contributed by atoms with Crippen LogP contribution in [-0.4, -0.2) is 26.5 Å². The lowest BCUT2D eigenvalue weighted by Gasteiger charge is -2.08. The summed E-state index contributed by atoms with van der Waals surface area (Å²) in [5, 5.41) is 21.8. The number of anilines is 1. The Hall–Kier alpha value is -3.42. The molecule has 0 aliphatic carbocycles. The Morgan fingerprint density at radius 3 is 2.57 bits per heavy atom. The van der Waals surface area contributed by atoms with Crippen LogP contribution in [0.25, 0.3) is 6.08 Å². The molecule has 2 aromatic rings. The number of aromatic nitrogens is 1. The molecule has 118 valence electrons. The van der Waals surface area contributed by atoms with E-state index in [1.165, 1.54) is 30.3 Å². The summed E-state index contributed by atoms with van der Waals surface area (Å²) in [5.41, 5.74) is 0.955. The van der Waals surface area contributed by atoms with E-state index in [9.17, 15) is 19.7 Å². The Morgan fingerprint density at radius 2 is 1.96 bits per heavy atom. The normalized spacial score (nSPS) is 10.6. The van der Waals surface area contributed by atoms with Crippen molar-refractivity contribution in [2.24, 2.45) is 0 Å². The maximum atomic E-state index is 12.0. The van der Waals surface area contributed by atoms with Crippen LogP contribution in [0.2, 0.25) is 0 Å². The number of nitro groups is 1. The number of benzene rings is 1. The third-order valence-electron chi connectivity index (χ3n) is 2.94. The fraction of sp³-hybridized carbons (Fsp3) is 0.0667. The van der Waals surface area contributed by atoms with Gasteiger partial charge in [0.2, 0.25) is 5.91 Å². The summed E-state index contributed by atoms with van der Waals surface area (Å²) >= 11 is 0. The second kappa shape index (κ2) is 7.03. The van der Waals surface area contributed by atoms with Crippen LogP contribution in [0.4, 0.5) is 11.4 Å². The number of rotatable bonds is 6. The van der Waals surface area contributed by atoms with Gasteiger partial charge in [0.15, 0.2) is 0 Å². The highest BCUT2D eigenvalue weighted by Gasteiger charge is 2.08. The standard InChI is InChI=1S/C15H13N3O5/c19-14(16-11-3-5-13(6-4-11)18(22)23)10-17-9-1-2-12(17)7-8-15(20)21/h1-9H,10H2,(H,16,19)(H,20,21)/b8-7+. The van der Waals surface area contributed by atoms with Gasteiger partial charge in [0.25, 0.3) is 5.69 Å². The third kappa shape index (κ3) is 4.53. The molecule has 1 amide bonds. The molecule has 1 heterocycles. The minimum Gasteiger partial charge on any atom is -0.478 e. The molecule has 1 aromatic carbocycles. The summed E-state index contributed by atoms with van der Waals surface area (Å²) in [6, 6.07) is 8.85. The molecule has 0 fully saturated rings. The number of non-ortho nitro benzene ring substituents is 1. The summed E-state index contributed by atoms with van der Waals surface area (Å²) in [6.45, 7) is -0.0106. The van der Waals surface area contributed by atoms with Crippen molar-refractivity contribution in [1.82, 2.24) is 4.57 Å². The van der Waals surface area contributed by atoms with Crippen molar-refractivity contribution in [1.29, 1.82) is 0 Å². The molecule has 1 aromatic heterocycles. The summed E-state index contributed by atoms with van der Waals surface area (Å²) in [5.74, 6) is -1.41. The van der Waals surface area contributed by atoms with Gasteiger partial charge in [-0.1, -0.05) is 0 Å². The number of carbonyl (C=O) groups excluding carboxylic acids is 1. The van der Waals surface area contributed by atoms with Crippen molar-refractivity contribution in [3.8, 4) is 0 Å². The summed E-state index contributed by atoms with van der Waals surface area (Å²) in [6.07, 6.45) is 4.03. The molecule has 0 aliphatic heterocycles. The van der Waals surface area contributed by atoms with E-state index in [0.717, 1.165) is 6.08 Å². The van der Waals surface area contributed by atoms with Crippen molar-refractivity contribution in [2.45, 2.75) is 6.54 Å². The molecular weight excluding hydrogens is 302 g/mol. The van der Waals surface area contributed by atoms with Gasteiger partial charge in [-0.25, -0.2) is 4.79 Å².